The second kappa shape index (κ2) is 28.7. The molecule has 0 radical (unpaired) electrons. The van der Waals surface area contributed by atoms with Crippen LogP contribution in [0.5, 0.6) is 0 Å². The molecule has 0 atom stereocenters. The van der Waals surface area contributed by atoms with Crippen LogP contribution in [0, 0.1) is 11.3 Å². The third kappa shape index (κ3) is 10.9. The monoisotopic (exact) mass is 1640 g/mol. The third-order valence-corrected chi connectivity index (χ3v) is 29.7. The molecule has 20 aromatic carbocycles. The Bertz CT molecular complexity index is 8490. The van der Waals surface area contributed by atoms with Crippen molar-refractivity contribution in [2.75, 3.05) is 0 Å². The van der Waals surface area contributed by atoms with Crippen molar-refractivity contribution in [3.05, 3.63) is 487 Å². The van der Waals surface area contributed by atoms with Gasteiger partial charge >= 0.3 is 0 Å². The molecule has 0 bridgehead atoms. The number of pyridine rings is 2. The molecule has 3 aromatic heterocycles. The van der Waals surface area contributed by atoms with Gasteiger partial charge in [0, 0.05) is 68.7 Å². The fourth-order valence-corrected chi connectivity index (χ4v) is 24.4. The third-order valence-electron chi connectivity index (χ3n) is 27.4. The van der Waals surface area contributed by atoms with Crippen LogP contribution in [0.25, 0.3) is 182 Å². The minimum absolute atomic E-state index is 0.442. The number of benzene rings is 20. The highest BCUT2D eigenvalue weighted by Crippen LogP contribution is 2.66. The molecule has 4 nitrogen and oxygen atoms in total. The highest BCUT2D eigenvalue weighted by atomic mass is 32.2. The molecule has 4 aliphatic rings. The number of para-hydroxylation sites is 3. The SMILES string of the molecule is N#Cc1ccc2c(c1)c1ccccc1n2-c1ccc(-c2ccc(-c3nc4ccccc4c4cc5c(cc34)-c3ccccc3C53c4ccccc4Sc4ccccc43)cc2)cc1.c1ccc(-c2ccc(-c3c4ccccc4c(-c4ccc(-c5nc6ccccc6c6cc7c(cc56)-c5ccccc5C75c6ccccc6Sc6ccccc65)cc4)c4ccccc34)cc2)cc1. The fraction of sp³-hybridized carbons (Fsp3) is 0.0165. The molecule has 0 amide bonds. The van der Waals surface area contributed by atoms with Gasteiger partial charge in [-0.25, -0.2) is 9.97 Å². The van der Waals surface area contributed by atoms with Crippen LogP contribution >= 0.6 is 23.5 Å². The standard InChI is InChI=1S/C64H39NS.C57H33N3S/c1-2-16-40(17-3-1)41-30-32-42(33-31-41)61-47-20-4-6-22-49(47)62(50-23-7-5-21-48(50)61)43-34-36-44(37-35-43)63-53-38-52-45-18-8-10-24-54(45)64(57(52)39-51(53)46-19-9-13-27-58(46)65-63)55-25-11-14-28-59(55)66-60-29-15-12-26-56(60)64;58-34-35-21-30-53-45(31-35)42-13-3-8-18-52(42)60(53)39-28-26-37(27-29-39)36-22-24-38(25-23-36)56-46-32-44-40-11-1-4-14-47(40)57(50(44)33-43(46)41-12-2-7-17-51(41)59-56)48-15-5-9-19-54(48)61-55-20-10-6-16-49(55)57/h1-39H;1-33H. The molecule has 27 rings (SSSR count). The van der Waals surface area contributed by atoms with Crippen molar-refractivity contribution in [3.8, 4) is 101 Å². The first-order valence-corrected chi connectivity index (χ1v) is 45.1. The Kier molecular flexibility index (Phi) is 16.4. The van der Waals surface area contributed by atoms with Gasteiger partial charge in [-0.15, -0.1) is 0 Å². The van der Waals surface area contributed by atoms with Gasteiger partial charge in [0.1, 0.15) is 0 Å². The van der Waals surface area contributed by atoms with Gasteiger partial charge in [0.25, 0.3) is 0 Å². The Morgan fingerprint density at radius 3 is 0.984 bits per heavy atom. The molecule has 0 fully saturated rings. The van der Waals surface area contributed by atoms with E-state index in [-0.39, 0.29) is 0 Å². The molecular weight excluding hydrogens is 1570 g/mol. The van der Waals surface area contributed by atoms with E-state index in [1.54, 1.807) is 0 Å². The second-order valence-electron chi connectivity index (χ2n) is 33.8. The topological polar surface area (TPSA) is 54.5 Å². The summed E-state index contributed by atoms with van der Waals surface area (Å²) in [5.74, 6) is 0. The van der Waals surface area contributed by atoms with Gasteiger partial charge < -0.3 is 4.57 Å². The van der Waals surface area contributed by atoms with Crippen LogP contribution in [0.1, 0.15) is 50.1 Å². The van der Waals surface area contributed by atoms with Crippen LogP contribution in [0.3, 0.4) is 0 Å². The van der Waals surface area contributed by atoms with Gasteiger partial charge in [0.15, 0.2) is 0 Å². The minimum Gasteiger partial charge on any atom is -0.309 e. The summed E-state index contributed by atoms with van der Waals surface area (Å²) in [6, 6.07) is 163. The second-order valence-corrected chi connectivity index (χ2v) is 36.0. The maximum Gasteiger partial charge on any atom is 0.0991 e. The quantitative estimate of drug-likeness (QED) is 0.118. The van der Waals surface area contributed by atoms with Crippen LogP contribution in [0.2, 0.25) is 0 Å². The van der Waals surface area contributed by atoms with Gasteiger partial charge in [-0.05, 0) is 241 Å². The maximum absolute atomic E-state index is 9.61. The van der Waals surface area contributed by atoms with E-state index in [1.165, 1.54) is 157 Å². The number of nitrogens with zero attached hydrogens (tertiary/aromatic N) is 4. The van der Waals surface area contributed by atoms with Crippen molar-refractivity contribution in [2.45, 2.75) is 30.4 Å². The van der Waals surface area contributed by atoms with Crippen LogP contribution in [-0.2, 0) is 10.8 Å². The van der Waals surface area contributed by atoms with Crippen LogP contribution < -0.4 is 0 Å². The van der Waals surface area contributed by atoms with Gasteiger partial charge in [0.05, 0.1) is 55.9 Å². The molecule has 0 unspecified atom stereocenters. The molecule has 2 spiro atoms. The number of aromatic nitrogens is 3. The predicted molar refractivity (Wildman–Crippen MR) is 528 cm³/mol. The summed E-state index contributed by atoms with van der Waals surface area (Å²) >= 11 is 3.77. The van der Waals surface area contributed by atoms with Crippen molar-refractivity contribution >= 4 is 110 Å². The average Bonchev–Trinajstić information content (AvgIpc) is 1.52. The molecule has 2 aliphatic carbocycles. The van der Waals surface area contributed by atoms with Crippen LogP contribution in [-0.4, -0.2) is 14.5 Å². The van der Waals surface area contributed by atoms with Crippen molar-refractivity contribution in [2.24, 2.45) is 0 Å². The summed E-state index contributed by atoms with van der Waals surface area (Å²) in [6.45, 7) is 0. The van der Waals surface area contributed by atoms with E-state index in [2.05, 4.69) is 435 Å². The van der Waals surface area contributed by atoms with Gasteiger partial charge in [0.2, 0.25) is 0 Å². The summed E-state index contributed by atoms with van der Waals surface area (Å²) in [7, 11) is 0. The maximum atomic E-state index is 9.61. The van der Waals surface area contributed by atoms with E-state index >= 15 is 0 Å². The Morgan fingerprint density at radius 2 is 0.551 bits per heavy atom. The van der Waals surface area contributed by atoms with Crippen molar-refractivity contribution in [1.29, 1.82) is 5.26 Å². The minimum atomic E-state index is -0.447. The highest BCUT2D eigenvalue weighted by Gasteiger charge is 2.52. The van der Waals surface area contributed by atoms with E-state index < -0.39 is 10.8 Å². The Balaban J connectivity index is 0.000000135. The molecular formula is C121H72N4S2. The molecule has 588 valence electrons. The Morgan fingerprint density at radius 1 is 0.220 bits per heavy atom. The molecule has 0 saturated carbocycles. The molecule has 5 heterocycles. The summed E-state index contributed by atoms with van der Waals surface area (Å²) in [5.41, 5.74) is 34.7. The first-order valence-electron chi connectivity index (χ1n) is 43.4. The van der Waals surface area contributed by atoms with Gasteiger partial charge in [-0.2, -0.15) is 5.26 Å². The lowest BCUT2D eigenvalue weighted by atomic mass is 9.67. The first-order chi connectivity index (χ1) is 62.9. The Hall–Kier alpha value is -15.8. The van der Waals surface area contributed by atoms with Gasteiger partial charge in [-0.3, -0.25) is 0 Å². The Labute approximate surface area is 742 Å². The van der Waals surface area contributed by atoms with Crippen LogP contribution in [0.4, 0.5) is 0 Å². The van der Waals surface area contributed by atoms with Crippen molar-refractivity contribution < 1.29 is 0 Å². The van der Waals surface area contributed by atoms with Crippen LogP contribution in [0.15, 0.2) is 456 Å². The summed E-state index contributed by atoms with van der Waals surface area (Å²) in [6.07, 6.45) is 0. The average molecular weight is 1650 g/mol. The molecule has 0 saturated heterocycles. The smallest absolute Gasteiger partial charge is 0.0991 e. The van der Waals surface area contributed by atoms with Crippen molar-refractivity contribution in [1.82, 2.24) is 14.5 Å². The number of hydrogen-bond acceptors (Lipinski definition) is 5. The molecule has 23 aromatic rings. The fourth-order valence-electron chi connectivity index (χ4n) is 22.0. The predicted octanol–water partition coefficient (Wildman–Crippen LogP) is 31.7. The number of fused-ring (bicyclic) bond motifs is 29. The lowest BCUT2D eigenvalue weighted by Crippen LogP contribution is -2.31. The summed E-state index contributed by atoms with van der Waals surface area (Å²) in [5, 5.41) is 23.9. The zero-order valence-corrected chi connectivity index (χ0v) is 70.3. The van der Waals surface area contributed by atoms with E-state index in [0.717, 1.165) is 88.3 Å². The van der Waals surface area contributed by atoms with E-state index in [1.807, 2.05) is 35.7 Å². The summed E-state index contributed by atoms with van der Waals surface area (Å²) < 4.78 is 2.29. The van der Waals surface area contributed by atoms with Gasteiger partial charge in [-0.1, -0.05) is 363 Å². The van der Waals surface area contributed by atoms with E-state index in [0.29, 0.717) is 5.56 Å². The summed E-state index contributed by atoms with van der Waals surface area (Å²) in [4.78, 5) is 16.1. The lowest BCUT2D eigenvalue weighted by Gasteiger charge is -2.39. The van der Waals surface area contributed by atoms with Crippen molar-refractivity contribution in [3.63, 3.8) is 0 Å². The van der Waals surface area contributed by atoms with E-state index in [4.69, 9.17) is 9.97 Å². The normalized spacial score (nSPS) is 13.3. The molecule has 127 heavy (non-hydrogen) atoms. The zero-order valence-electron chi connectivity index (χ0n) is 68.7. The lowest BCUT2D eigenvalue weighted by molar-refractivity contribution is 0.723. The first kappa shape index (κ1) is 72.8. The molecule has 2 aliphatic heterocycles. The molecule has 6 heteroatoms. The zero-order chi connectivity index (χ0) is 83.6. The molecule has 0 N–H and O–H groups in total. The number of rotatable bonds is 7. The van der Waals surface area contributed by atoms with E-state index in [9.17, 15) is 5.26 Å². The number of hydrogen-bond donors (Lipinski definition) is 0. The highest BCUT2D eigenvalue weighted by molar-refractivity contribution is 7.99. The number of nitriles is 1. The largest absolute Gasteiger partial charge is 0.309 e.